The predicted octanol–water partition coefficient (Wildman–Crippen LogP) is 2.40. The topological polar surface area (TPSA) is 74.7 Å². The van der Waals surface area contributed by atoms with E-state index in [0.29, 0.717) is 24.3 Å². The molecule has 1 aliphatic rings. The van der Waals surface area contributed by atoms with Crippen LogP contribution in [0.1, 0.15) is 30.9 Å². The lowest BCUT2D eigenvalue weighted by molar-refractivity contribution is -0.140. The van der Waals surface area contributed by atoms with Gasteiger partial charge in [0.2, 0.25) is 5.91 Å². The van der Waals surface area contributed by atoms with Crippen LogP contribution in [-0.4, -0.2) is 33.9 Å². The van der Waals surface area contributed by atoms with Gasteiger partial charge < -0.3 is 5.11 Å². The van der Waals surface area contributed by atoms with Gasteiger partial charge in [-0.1, -0.05) is 23.9 Å². The van der Waals surface area contributed by atoms with Crippen LogP contribution in [0.25, 0.3) is 0 Å². The standard InChI is InChI=1S/C16H19NO4S/c1-10-3-4-12-5-6-13(16(20)21)17(14(12)9-10)15(19)7-8-22-11(2)18/h3-4,9,13H,5-8H2,1-2H3,(H,20,21). The summed E-state index contributed by atoms with van der Waals surface area (Å²) in [5.41, 5.74) is 2.67. The van der Waals surface area contributed by atoms with Crippen LogP contribution in [0.4, 0.5) is 5.69 Å². The third-order valence-corrected chi connectivity index (χ3v) is 4.49. The van der Waals surface area contributed by atoms with Gasteiger partial charge in [0, 0.05) is 24.8 Å². The minimum Gasteiger partial charge on any atom is -0.480 e. The maximum atomic E-state index is 12.5. The molecule has 1 heterocycles. The highest BCUT2D eigenvalue weighted by atomic mass is 32.2. The van der Waals surface area contributed by atoms with Gasteiger partial charge in [-0.25, -0.2) is 4.79 Å². The number of amides is 1. The number of benzene rings is 1. The lowest BCUT2D eigenvalue weighted by Gasteiger charge is -2.35. The van der Waals surface area contributed by atoms with E-state index < -0.39 is 12.0 Å². The number of anilines is 1. The number of carbonyl (C=O) groups excluding carboxylic acids is 2. The fourth-order valence-corrected chi connectivity index (χ4v) is 3.21. The van der Waals surface area contributed by atoms with Crippen molar-refractivity contribution in [2.24, 2.45) is 0 Å². The molecule has 0 saturated carbocycles. The van der Waals surface area contributed by atoms with E-state index >= 15 is 0 Å². The average Bonchev–Trinajstić information content (AvgIpc) is 2.45. The highest BCUT2D eigenvalue weighted by Crippen LogP contribution is 2.32. The number of hydrogen-bond acceptors (Lipinski definition) is 4. The smallest absolute Gasteiger partial charge is 0.326 e. The third kappa shape index (κ3) is 3.68. The summed E-state index contributed by atoms with van der Waals surface area (Å²) in [6.07, 6.45) is 1.22. The van der Waals surface area contributed by atoms with E-state index in [9.17, 15) is 19.5 Å². The van der Waals surface area contributed by atoms with Crippen molar-refractivity contribution in [1.82, 2.24) is 0 Å². The van der Waals surface area contributed by atoms with Crippen LogP contribution >= 0.6 is 11.8 Å². The van der Waals surface area contributed by atoms with Crippen LogP contribution in [0.2, 0.25) is 0 Å². The Morgan fingerprint density at radius 3 is 2.73 bits per heavy atom. The van der Waals surface area contributed by atoms with E-state index in [2.05, 4.69) is 0 Å². The number of aryl methyl sites for hydroxylation is 2. The Hall–Kier alpha value is -1.82. The van der Waals surface area contributed by atoms with Crippen LogP contribution in [0, 0.1) is 6.92 Å². The van der Waals surface area contributed by atoms with E-state index in [-0.39, 0.29) is 17.4 Å². The molecular formula is C16H19NO4S. The fourth-order valence-electron chi connectivity index (χ4n) is 2.64. The molecule has 1 aromatic carbocycles. The lowest BCUT2D eigenvalue weighted by Crippen LogP contribution is -2.48. The molecule has 0 aromatic heterocycles. The second-order valence-electron chi connectivity index (χ2n) is 5.38. The first kappa shape index (κ1) is 16.5. The second kappa shape index (κ2) is 6.96. The summed E-state index contributed by atoms with van der Waals surface area (Å²) in [4.78, 5) is 36.4. The monoisotopic (exact) mass is 321 g/mol. The summed E-state index contributed by atoms with van der Waals surface area (Å²) in [6.45, 7) is 3.37. The molecule has 22 heavy (non-hydrogen) atoms. The first-order valence-electron chi connectivity index (χ1n) is 7.18. The van der Waals surface area contributed by atoms with Crippen molar-refractivity contribution in [2.45, 2.75) is 39.2 Å². The van der Waals surface area contributed by atoms with Crippen molar-refractivity contribution in [3.8, 4) is 0 Å². The molecule has 1 amide bonds. The summed E-state index contributed by atoms with van der Waals surface area (Å²) < 4.78 is 0. The number of carboxylic acid groups (broad SMARTS) is 1. The first-order chi connectivity index (χ1) is 10.4. The zero-order chi connectivity index (χ0) is 16.3. The first-order valence-corrected chi connectivity index (χ1v) is 8.16. The molecule has 0 saturated heterocycles. The number of rotatable bonds is 4. The number of hydrogen-bond donors (Lipinski definition) is 1. The summed E-state index contributed by atoms with van der Waals surface area (Å²) >= 11 is 1.08. The third-order valence-electron chi connectivity index (χ3n) is 3.67. The lowest BCUT2D eigenvalue weighted by atomic mass is 9.94. The second-order valence-corrected chi connectivity index (χ2v) is 6.65. The highest BCUT2D eigenvalue weighted by molar-refractivity contribution is 8.13. The van der Waals surface area contributed by atoms with Gasteiger partial charge in [-0.15, -0.1) is 0 Å². The highest BCUT2D eigenvalue weighted by Gasteiger charge is 2.35. The Balaban J connectivity index is 2.27. The largest absolute Gasteiger partial charge is 0.480 e. The number of carboxylic acids is 1. The number of carbonyl (C=O) groups is 3. The van der Waals surface area contributed by atoms with Crippen molar-refractivity contribution >= 4 is 34.4 Å². The van der Waals surface area contributed by atoms with Crippen LogP contribution in [-0.2, 0) is 20.8 Å². The molecule has 1 N–H and O–H groups in total. The quantitative estimate of drug-likeness (QED) is 0.921. The maximum Gasteiger partial charge on any atom is 0.326 e. The molecule has 0 fully saturated rings. The Morgan fingerprint density at radius 2 is 2.09 bits per heavy atom. The van der Waals surface area contributed by atoms with Crippen molar-refractivity contribution < 1.29 is 19.5 Å². The van der Waals surface area contributed by atoms with Gasteiger partial charge in [0.05, 0.1) is 0 Å². The van der Waals surface area contributed by atoms with Gasteiger partial charge in [-0.2, -0.15) is 0 Å². The van der Waals surface area contributed by atoms with Crippen LogP contribution in [0.3, 0.4) is 0 Å². The predicted molar refractivity (Wildman–Crippen MR) is 86.2 cm³/mol. The van der Waals surface area contributed by atoms with Crippen molar-refractivity contribution in [3.63, 3.8) is 0 Å². The SMILES string of the molecule is CC(=O)SCCC(=O)N1c2cc(C)ccc2CCC1C(=O)O. The van der Waals surface area contributed by atoms with E-state index in [4.69, 9.17) is 0 Å². The molecule has 1 aliphatic heterocycles. The Bertz CT molecular complexity index is 614. The fraction of sp³-hybridized carbons (Fsp3) is 0.438. The van der Waals surface area contributed by atoms with E-state index in [0.717, 1.165) is 22.9 Å². The molecule has 6 heteroatoms. The van der Waals surface area contributed by atoms with Crippen molar-refractivity contribution in [1.29, 1.82) is 0 Å². The number of nitrogens with zero attached hydrogens (tertiary/aromatic N) is 1. The van der Waals surface area contributed by atoms with E-state index in [1.807, 2.05) is 25.1 Å². The minimum atomic E-state index is -0.986. The zero-order valence-electron chi connectivity index (χ0n) is 12.7. The number of aliphatic carboxylic acids is 1. The van der Waals surface area contributed by atoms with Gasteiger partial charge in [0.25, 0.3) is 0 Å². The maximum absolute atomic E-state index is 12.5. The van der Waals surface area contributed by atoms with Crippen molar-refractivity contribution in [2.75, 3.05) is 10.7 Å². The molecule has 5 nitrogen and oxygen atoms in total. The zero-order valence-corrected chi connectivity index (χ0v) is 13.5. The molecular weight excluding hydrogens is 302 g/mol. The summed E-state index contributed by atoms with van der Waals surface area (Å²) in [6, 6.07) is 4.95. The molecule has 1 aromatic rings. The summed E-state index contributed by atoms with van der Waals surface area (Å²) in [7, 11) is 0. The normalized spacial score (nSPS) is 17.0. The van der Waals surface area contributed by atoms with Gasteiger partial charge in [-0.3, -0.25) is 14.5 Å². The Kier molecular flexibility index (Phi) is 5.24. The average molecular weight is 321 g/mol. The van der Waals surface area contributed by atoms with Gasteiger partial charge in [0.15, 0.2) is 5.12 Å². The van der Waals surface area contributed by atoms with Crippen LogP contribution in [0.5, 0.6) is 0 Å². The van der Waals surface area contributed by atoms with Crippen LogP contribution < -0.4 is 4.90 Å². The van der Waals surface area contributed by atoms with Crippen LogP contribution in [0.15, 0.2) is 18.2 Å². The molecule has 2 rings (SSSR count). The minimum absolute atomic E-state index is 0.0440. The number of fused-ring (bicyclic) bond motifs is 1. The molecule has 0 spiro atoms. The Labute approximate surface area is 133 Å². The van der Waals surface area contributed by atoms with E-state index in [1.54, 1.807) is 0 Å². The molecule has 0 aliphatic carbocycles. The molecule has 0 bridgehead atoms. The molecule has 1 atom stereocenters. The molecule has 118 valence electrons. The van der Waals surface area contributed by atoms with Crippen molar-refractivity contribution in [3.05, 3.63) is 29.3 Å². The van der Waals surface area contributed by atoms with E-state index in [1.165, 1.54) is 11.8 Å². The van der Waals surface area contributed by atoms with Gasteiger partial charge in [-0.05, 0) is 37.0 Å². The molecule has 1 unspecified atom stereocenters. The number of thioether (sulfide) groups is 1. The molecule has 0 radical (unpaired) electrons. The van der Waals surface area contributed by atoms with Gasteiger partial charge in [0.1, 0.15) is 6.04 Å². The summed E-state index contributed by atoms with van der Waals surface area (Å²) in [5.74, 6) is -0.856. The Morgan fingerprint density at radius 1 is 1.36 bits per heavy atom. The van der Waals surface area contributed by atoms with Gasteiger partial charge >= 0.3 is 5.97 Å². The summed E-state index contributed by atoms with van der Waals surface area (Å²) in [5, 5.41) is 9.37.